The monoisotopic (exact) mass is 894 g/mol. The zero-order valence-electron chi connectivity index (χ0n) is 34.7. The molecular formula is C50H63Cl2N2PRu. The van der Waals surface area contributed by atoms with Gasteiger partial charge in [0, 0.05) is 5.66 Å². The predicted octanol–water partition coefficient (Wildman–Crippen LogP) is 15.9. The second-order valence-corrected chi connectivity index (χ2v) is 24.1. The van der Waals surface area contributed by atoms with E-state index in [1.54, 1.807) is 10.8 Å². The topological polar surface area (TPSA) is 9.86 Å². The first-order valence-electron chi connectivity index (χ1n) is 21.4. The fourth-order valence-corrected chi connectivity index (χ4v) is 19.2. The molecule has 0 saturated heterocycles. The van der Waals surface area contributed by atoms with Crippen molar-refractivity contribution in [1.29, 1.82) is 0 Å². The predicted molar refractivity (Wildman–Crippen MR) is 243 cm³/mol. The number of rotatable bonds is 6. The maximum absolute atomic E-state index is 4.85. The molecule has 2 nitrogen and oxygen atoms in total. The van der Waals surface area contributed by atoms with Crippen molar-refractivity contribution in [3.8, 4) is 11.4 Å². The molecule has 1 aromatic heterocycles. The van der Waals surface area contributed by atoms with Gasteiger partial charge in [0.2, 0.25) is 0 Å². The Morgan fingerprint density at radius 3 is 1.41 bits per heavy atom. The molecule has 1 atom stereocenters. The molecule has 8 rings (SSSR count). The Hall–Kier alpha value is -2.28. The number of allylic oxidation sites excluding steroid dienone is 1. The summed E-state index contributed by atoms with van der Waals surface area (Å²) >= 11 is -0.346. The third-order valence-corrected chi connectivity index (χ3v) is 19.6. The van der Waals surface area contributed by atoms with Gasteiger partial charge >= 0.3 is 34.5 Å². The number of para-hydroxylation sites is 2. The van der Waals surface area contributed by atoms with E-state index in [2.05, 4.69) is 136 Å². The Balaban J connectivity index is 0.00000155. The fourth-order valence-electron chi connectivity index (χ4n) is 11.7. The van der Waals surface area contributed by atoms with E-state index in [1.807, 2.05) is 0 Å². The average molecular weight is 895 g/mol. The Bertz CT molecular complexity index is 2100. The van der Waals surface area contributed by atoms with E-state index in [0.29, 0.717) is 5.66 Å². The molecule has 3 aliphatic carbocycles. The zero-order valence-corrected chi connectivity index (χ0v) is 38.8. The summed E-state index contributed by atoms with van der Waals surface area (Å²) in [6, 6.07) is 30.7. The van der Waals surface area contributed by atoms with Crippen molar-refractivity contribution in [2.24, 2.45) is 0 Å². The van der Waals surface area contributed by atoms with Crippen LogP contribution in [0.25, 0.3) is 28.5 Å². The summed E-state index contributed by atoms with van der Waals surface area (Å²) in [7, 11) is 9.71. The molecule has 1 heterocycles. The van der Waals surface area contributed by atoms with E-state index >= 15 is 0 Å². The quantitative estimate of drug-likeness (QED) is 0.119. The van der Waals surface area contributed by atoms with Crippen molar-refractivity contribution in [2.45, 2.75) is 148 Å². The molecule has 56 heavy (non-hydrogen) atoms. The van der Waals surface area contributed by atoms with Gasteiger partial charge in [-0.25, -0.2) is 0 Å². The molecule has 0 amide bonds. The molecule has 4 aromatic carbocycles. The molecule has 3 aliphatic rings. The maximum atomic E-state index is 4.85. The number of fused-ring (bicyclic) bond motifs is 1. The van der Waals surface area contributed by atoms with Crippen molar-refractivity contribution >= 4 is 43.4 Å². The molecule has 3 fully saturated rings. The molecule has 0 N–H and O–H groups in total. The SMILES string of the molecule is Cc1cc(C)c(-n2c(=P(C3CCCCC3)(C3CCCCC3)C3CCCCC3=Cc3ccccc3)n(-c3c(C)cc(C)cc3C)c3ccccc32)c(C)c1.[Cl][Ru][Cl]. The summed E-state index contributed by atoms with van der Waals surface area (Å²) < 4.78 is 5.84. The van der Waals surface area contributed by atoms with E-state index in [1.165, 1.54) is 151 Å². The number of aromatic nitrogens is 2. The first-order valence-corrected chi connectivity index (χ1v) is 27.9. The molecule has 3 saturated carbocycles. The van der Waals surface area contributed by atoms with Crippen LogP contribution in [0.3, 0.4) is 0 Å². The van der Waals surface area contributed by atoms with Gasteiger partial charge in [-0.2, -0.15) is 0 Å². The zero-order chi connectivity index (χ0) is 39.4. The van der Waals surface area contributed by atoms with Gasteiger partial charge in [-0.05, 0) is 145 Å². The van der Waals surface area contributed by atoms with Gasteiger partial charge in [-0.1, -0.05) is 134 Å². The summed E-state index contributed by atoms with van der Waals surface area (Å²) in [4.78, 5) is 0. The normalized spacial score (nSPS) is 19.4. The molecule has 0 bridgehead atoms. The summed E-state index contributed by atoms with van der Waals surface area (Å²) in [6.07, 6.45) is 21.8. The number of benzene rings is 4. The second kappa shape index (κ2) is 18.8. The van der Waals surface area contributed by atoms with Crippen LogP contribution in [0.5, 0.6) is 0 Å². The van der Waals surface area contributed by atoms with Crippen LogP contribution in [0.1, 0.15) is 129 Å². The van der Waals surface area contributed by atoms with Gasteiger partial charge in [0.25, 0.3) is 0 Å². The summed E-state index contributed by atoms with van der Waals surface area (Å²) in [5.74, 6) is 0. The van der Waals surface area contributed by atoms with Crippen molar-refractivity contribution in [3.05, 3.63) is 129 Å². The summed E-state index contributed by atoms with van der Waals surface area (Å²) in [5, 5.41) is 1.70. The van der Waals surface area contributed by atoms with Crippen LogP contribution in [0, 0.1) is 46.7 Å². The molecule has 5 aromatic rings. The van der Waals surface area contributed by atoms with Gasteiger partial charge in [-0.3, -0.25) is 9.13 Å². The minimum atomic E-state index is -1.99. The van der Waals surface area contributed by atoms with Crippen LogP contribution < -0.4 is 0 Å². The number of hydrogen-bond donors (Lipinski definition) is 0. The van der Waals surface area contributed by atoms with E-state index in [0.717, 1.165) is 11.3 Å². The number of imidazole rings is 1. The molecular weight excluding hydrogens is 832 g/mol. The fraction of sp³-hybridized carbons (Fsp3) is 0.460. The van der Waals surface area contributed by atoms with Crippen LogP contribution in [-0.4, -0.2) is 26.1 Å². The van der Waals surface area contributed by atoms with Gasteiger partial charge in [0.15, 0.2) is 0 Å². The third kappa shape index (κ3) is 8.16. The number of halogens is 2. The standard InChI is InChI=1S/C50H63N2P.2ClH.Ru/c1-35-30-37(3)48(38(4)31-35)51-45-27-17-18-28-46(45)52(49-39(5)32-36(2)33-40(49)6)50(51)53(43-23-12-8-13-24-43,44-25-14-9-15-26-44)47-29-19-16-22-42(47)34-41-20-10-7-11-21-41;;;/h7,10-11,17-18,20-21,27-28,30-34,43-44,47H,8-9,12-16,19,22-26,29H2,1-6H3;2*1H;/q;;;+2/p-2. The second-order valence-electron chi connectivity index (χ2n) is 17.3. The molecule has 1 unspecified atom stereocenters. The van der Waals surface area contributed by atoms with E-state index in [4.69, 9.17) is 19.4 Å². The Morgan fingerprint density at radius 1 is 0.554 bits per heavy atom. The van der Waals surface area contributed by atoms with Crippen LogP contribution in [-0.2, 0) is 15.1 Å². The van der Waals surface area contributed by atoms with Crippen LogP contribution in [0.2, 0.25) is 0 Å². The Kier molecular flexibility index (Phi) is 14.0. The number of hydrogen-bond acceptors (Lipinski definition) is 0. The molecule has 0 aliphatic heterocycles. The number of nitrogens with zero attached hydrogens (tertiary/aromatic N) is 2. The minimum absolute atomic E-state index is 0.346. The average Bonchev–Trinajstić information content (AvgIpc) is 3.51. The van der Waals surface area contributed by atoms with E-state index in [9.17, 15) is 0 Å². The van der Waals surface area contributed by atoms with Gasteiger partial charge in [0.1, 0.15) is 5.20 Å². The van der Waals surface area contributed by atoms with Crippen LogP contribution in [0.4, 0.5) is 0 Å². The summed E-state index contributed by atoms with van der Waals surface area (Å²) in [5.41, 5.74) is 19.2. The van der Waals surface area contributed by atoms with Gasteiger partial charge in [-0.15, -0.1) is 0 Å². The molecule has 0 radical (unpaired) electrons. The van der Waals surface area contributed by atoms with Gasteiger partial charge < -0.3 is 0 Å². The van der Waals surface area contributed by atoms with Crippen molar-refractivity contribution < 1.29 is 15.1 Å². The van der Waals surface area contributed by atoms with Gasteiger partial charge in [0.05, 0.1) is 22.4 Å². The van der Waals surface area contributed by atoms with Crippen molar-refractivity contribution in [2.75, 3.05) is 0 Å². The van der Waals surface area contributed by atoms with Crippen molar-refractivity contribution in [3.63, 3.8) is 0 Å². The number of aryl methyl sites for hydroxylation is 6. The van der Waals surface area contributed by atoms with Crippen LogP contribution in [0.15, 0.2) is 84.4 Å². The molecule has 300 valence electrons. The van der Waals surface area contributed by atoms with E-state index in [-0.39, 0.29) is 15.1 Å². The van der Waals surface area contributed by atoms with Crippen molar-refractivity contribution in [1.82, 2.24) is 9.13 Å². The third-order valence-electron chi connectivity index (χ3n) is 13.5. The molecule has 0 spiro atoms. The molecule has 6 heteroatoms. The van der Waals surface area contributed by atoms with Crippen LogP contribution >= 0.6 is 26.3 Å². The summed E-state index contributed by atoms with van der Waals surface area (Å²) in [6.45, 7) is 12.1. The Labute approximate surface area is 353 Å². The first-order chi connectivity index (χ1) is 27.2. The van der Waals surface area contributed by atoms with E-state index < -0.39 is 6.89 Å². The first kappa shape index (κ1) is 41.9. The Morgan fingerprint density at radius 2 is 0.964 bits per heavy atom.